The van der Waals surface area contributed by atoms with E-state index in [2.05, 4.69) is 10.2 Å². The van der Waals surface area contributed by atoms with Crippen LogP contribution in [0.4, 0.5) is 17.6 Å². The zero-order valence-electron chi connectivity index (χ0n) is 9.99. The van der Waals surface area contributed by atoms with Gasteiger partial charge < -0.3 is 10.5 Å². The van der Waals surface area contributed by atoms with Crippen molar-refractivity contribution >= 4 is 0 Å². The average Bonchev–Trinajstić information content (AvgIpc) is 2.40. The molecule has 0 atom stereocenters. The van der Waals surface area contributed by atoms with Crippen LogP contribution in [0.3, 0.4) is 0 Å². The maximum Gasteiger partial charge on any atom is 0.419 e. The lowest BCUT2D eigenvalue weighted by Gasteiger charge is -2.11. The SMILES string of the molecule is NCc1ccnnc1Oc1ccc(F)c(C(F)(F)F)c1. The third-order valence-electron chi connectivity index (χ3n) is 2.44. The van der Waals surface area contributed by atoms with E-state index >= 15 is 0 Å². The Morgan fingerprint density at radius 1 is 1.20 bits per heavy atom. The van der Waals surface area contributed by atoms with Gasteiger partial charge in [-0.15, -0.1) is 5.10 Å². The molecule has 1 aromatic heterocycles. The maximum absolute atomic E-state index is 13.1. The molecule has 8 heteroatoms. The summed E-state index contributed by atoms with van der Waals surface area (Å²) in [5, 5.41) is 7.18. The lowest BCUT2D eigenvalue weighted by atomic mass is 10.2. The zero-order valence-corrected chi connectivity index (χ0v) is 9.99. The molecule has 20 heavy (non-hydrogen) atoms. The fraction of sp³-hybridized carbons (Fsp3) is 0.167. The quantitative estimate of drug-likeness (QED) is 0.882. The smallest absolute Gasteiger partial charge is 0.419 e. The lowest BCUT2D eigenvalue weighted by molar-refractivity contribution is -0.140. The monoisotopic (exact) mass is 287 g/mol. The summed E-state index contributed by atoms with van der Waals surface area (Å²) < 4.78 is 56.0. The fourth-order valence-corrected chi connectivity index (χ4v) is 1.48. The molecule has 0 fully saturated rings. The lowest BCUT2D eigenvalue weighted by Crippen LogP contribution is -2.08. The number of aromatic nitrogens is 2. The average molecular weight is 287 g/mol. The van der Waals surface area contributed by atoms with Gasteiger partial charge in [0.25, 0.3) is 0 Å². The summed E-state index contributed by atoms with van der Waals surface area (Å²) in [5.74, 6) is -1.59. The second-order valence-electron chi connectivity index (χ2n) is 3.81. The number of hydrogen-bond donors (Lipinski definition) is 1. The number of rotatable bonds is 3. The van der Waals surface area contributed by atoms with Gasteiger partial charge in [0.1, 0.15) is 11.6 Å². The predicted octanol–water partition coefficient (Wildman–Crippen LogP) is 2.89. The van der Waals surface area contributed by atoms with Crippen LogP contribution in [-0.2, 0) is 12.7 Å². The summed E-state index contributed by atoms with van der Waals surface area (Å²) in [6.07, 6.45) is -3.43. The largest absolute Gasteiger partial charge is 0.437 e. The molecule has 0 saturated heterocycles. The van der Waals surface area contributed by atoms with Crippen LogP contribution in [0, 0.1) is 5.82 Å². The molecule has 1 aromatic carbocycles. The molecular formula is C12H9F4N3O. The highest BCUT2D eigenvalue weighted by Crippen LogP contribution is 2.34. The van der Waals surface area contributed by atoms with E-state index in [1.807, 2.05) is 0 Å². The molecule has 4 nitrogen and oxygen atoms in total. The van der Waals surface area contributed by atoms with Gasteiger partial charge in [-0.2, -0.15) is 18.3 Å². The minimum atomic E-state index is -4.80. The number of nitrogens with zero attached hydrogens (tertiary/aromatic N) is 2. The van der Waals surface area contributed by atoms with Crippen LogP contribution in [0.15, 0.2) is 30.5 Å². The first kappa shape index (κ1) is 14.2. The van der Waals surface area contributed by atoms with Crippen molar-refractivity contribution in [3.8, 4) is 11.6 Å². The number of alkyl halides is 3. The van der Waals surface area contributed by atoms with Gasteiger partial charge in [0, 0.05) is 12.1 Å². The normalized spacial score (nSPS) is 11.4. The van der Waals surface area contributed by atoms with Crippen LogP contribution in [0.25, 0.3) is 0 Å². The Morgan fingerprint density at radius 2 is 1.95 bits per heavy atom. The molecule has 0 spiro atoms. The molecule has 2 rings (SSSR count). The van der Waals surface area contributed by atoms with E-state index in [-0.39, 0.29) is 18.2 Å². The van der Waals surface area contributed by atoms with E-state index in [0.717, 1.165) is 6.07 Å². The molecule has 0 saturated carbocycles. The van der Waals surface area contributed by atoms with Crippen molar-refractivity contribution in [1.29, 1.82) is 0 Å². The van der Waals surface area contributed by atoms with E-state index in [9.17, 15) is 17.6 Å². The van der Waals surface area contributed by atoms with Crippen LogP contribution in [-0.4, -0.2) is 10.2 Å². The summed E-state index contributed by atoms with van der Waals surface area (Å²) in [6, 6.07) is 3.83. The first-order chi connectivity index (χ1) is 9.41. The minimum absolute atomic E-state index is 0.0188. The molecule has 2 N–H and O–H groups in total. The third kappa shape index (κ3) is 3.02. The Balaban J connectivity index is 2.35. The van der Waals surface area contributed by atoms with Crippen LogP contribution in [0.2, 0.25) is 0 Å². The molecule has 2 aromatic rings. The summed E-state index contributed by atoms with van der Waals surface area (Å²) in [5.41, 5.74) is 4.50. The Kier molecular flexibility index (Phi) is 3.84. The molecule has 0 aliphatic rings. The van der Waals surface area contributed by atoms with Gasteiger partial charge >= 0.3 is 6.18 Å². The van der Waals surface area contributed by atoms with E-state index in [0.29, 0.717) is 17.7 Å². The van der Waals surface area contributed by atoms with Gasteiger partial charge in [-0.05, 0) is 24.3 Å². The Bertz CT molecular complexity index is 616. The molecule has 0 amide bonds. The highest BCUT2D eigenvalue weighted by atomic mass is 19.4. The molecule has 0 bridgehead atoms. The molecule has 0 unspecified atom stereocenters. The second kappa shape index (κ2) is 5.41. The molecule has 0 aliphatic heterocycles. The minimum Gasteiger partial charge on any atom is -0.437 e. The second-order valence-corrected chi connectivity index (χ2v) is 3.81. The first-order valence-electron chi connectivity index (χ1n) is 5.47. The Hall–Kier alpha value is -2.22. The standard InChI is InChI=1S/C12H9F4N3O/c13-10-2-1-8(5-9(10)12(14,15)16)20-11-7(6-17)3-4-18-19-11/h1-5H,6,17H2. The van der Waals surface area contributed by atoms with Crippen molar-refractivity contribution in [3.63, 3.8) is 0 Å². The van der Waals surface area contributed by atoms with Crippen molar-refractivity contribution < 1.29 is 22.3 Å². The van der Waals surface area contributed by atoms with Gasteiger partial charge in [0.2, 0.25) is 5.88 Å². The molecule has 0 aliphatic carbocycles. The van der Waals surface area contributed by atoms with E-state index in [4.69, 9.17) is 10.5 Å². The van der Waals surface area contributed by atoms with Gasteiger partial charge in [0.05, 0.1) is 11.8 Å². The van der Waals surface area contributed by atoms with Crippen LogP contribution in [0.1, 0.15) is 11.1 Å². The summed E-state index contributed by atoms with van der Waals surface area (Å²) in [6.45, 7) is 0.0815. The number of hydrogen-bond acceptors (Lipinski definition) is 4. The number of ether oxygens (including phenoxy) is 1. The van der Waals surface area contributed by atoms with Gasteiger partial charge in [-0.1, -0.05) is 0 Å². The Labute approximate surface area is 111 Å². The highest BCUT2D eigenvalue weighted by molar-refractivity contribution is 5.35. The van der Waals surface area contributed by atoms with E-state index in [1.54, 1.807) is 0 Å². The number of halogens is 4. The fourth-order valence-electron chi connectivity index (χ4n) is 1.48. The molecule has 1 heterocycles. The van der Waals surface area contributed by atoms with E-state index in [1.165, 1.54) is 12.3 Å². The van der Waals surface area contributed by atoms with E-state index < -0.39 is 17.6 Å². The first-order valence-corrected chi connectivity index (χ1v) is 5.47. The van der Waals surface area contributed by atoms with Gasteiger partial charge in [0.15, 0.2) is 0 Å². The molecule has 106 valence electrons. The van der Waals surface area contributed by atoms with Crippen LogP contribution >= 0.6 is 0 Å². The molecule has 0 radical (unpaired) electrons. The topological polar surface area (TPSA) is 61.0 Å². The van der Waals surface area contributed by atoms with Crippen molar-refractivity contribution in [3.05, 3.63) is 47.4 Å². The molecular weight excluding hydrogens is 278 g/mol. The highest BCUT2D eigenvalue weighted by Gasteiger charge is 2.34. The van der Waals surface area contributed by atoms with Gasteiger partial charge in [-0.25, -0.2) is 4.39 Å². The number of benzene rings is 1. The van der Waals surface area contributed by atoms with Crippen molar-refractivity contribution in [2.75, 3.05) is 0 Å². The predicted molar refractivity (Wildman–Crippen MR) is 61.4 cm³/mol. The van der Waals surface area contributed by atoms with Crippen molar-refractivity contribution in [2.45, 2.75) is 12.7 Å². The number of nitrogens with two attached hydrogens (primary N) is 1. The third-order valence-corrected chi connectivity index (χ3v) is 2.44. The zero-order chi connectivity index (χ0) is 14.8. The summed E-state index contributed by atoms with van der Waals surface area (Å²) in [4.78, 5) is 0. The van der Waals surface area contributed by atoms with Crippen LogP contribution in [0.5, 0.6) is 11.6 Å². The van der Waals surface area contributed by atoms with Crippen molar-refractivity contribution in [1.82, 2.24) is 10.2 Å². The van der Waals surface area contributed by atoms with Gasteiger partial charge in [-0.3, -0.25) is 0 Å². The maximum atomic E-state index is 13.1. The Morgan fingerprint density at radius 3 is 2.60 bits per heavy atom. The van der Waals surface area contributed by atoms with Crippen molar-refractivity contribution in [2.24, 2.45) is 5.73 Å². The van der Waals surface area contributed by atoms with Crippen LogP contribution < -0.4 is 10.5 Å². The summed E-state index contributed by atoms with van der Waals surface area (Å²) in [7, 11) is 0. The summed E-state index contributed by atoms with van der Waals surface area (Å²) >= 11 is 0.